The van der Waals surface area contributed by atoms with Gasteiger partial charge in [0.05, 0.1) is 46.2 Å². The molecule has 0 bridgehead atoms. The average Bonchev–Trinajstić information content (AvgIpc) is 2.72. The number of amides is 2. The number of hydrogen-bond acceptors (Lipinski definition) is 5. The second-order valence-corrected chi connectivity index (χ2v) is 4.77. The molecule has 0 N–H and O–H groups in total. The van der Waals surface area contributed by atoms with E-state index in [4.69, 9.17) is 14.2 Å². The van der Waals surface area contributed by atoms with Crippen molar-refractivity contribution in [2.24, 2.45) is 0 Å². The summed E-state index contributed by atoms with van der Waals surface area (Å²) >= 11 is 2.25. The quantitative estimate of drug-likeness (QED) is 0.224. The van der Waals surface area contributed by atoms with Crippen molar-refractivity contribution in [1.29, 1.82) is 0 Å². The van der Waals surface area contributed by atoms with Gasteiger partial charge in [0.25, 0.3) is 11.8 Å². The minimum Gasteiger partial charge on any atom is -0.378 e. The summed E-state index contributed by atoms with van der Waals surface area (Å²) in [7, 11) is 0. The van der Waals surface area contributed by atoms with Crippen LogP contribution in [0.5, 0.6) is 0 Å². The summed E-state index contributed by atoms with van der Waals surface area (Å²) in [4.78, 5) is 23.6. The van der Waals surface area contributed by atoms with E-state index in [0.717, 1.165) is 15.9 Å². The van der Waals surface area contributed by atoms with Crippen molar-refractivity contribution in [3.8, 4) is 0 Å². The number of hydrogen-bond donors (Lipinski definition) is 0. The number of ether oxygens (including phenoxy) is 3. The number of imide groups is 1. The maximum atomic E-state index is 11.2. The van der Waals surface area contributed by atoms with Crippen molar-refractivity contribution in [2.45, 2.75) is 0 Å². The first-order valence-corrected chi connectivity index (χ1v) is 7.61. The molecule has 1 rings (SSSR count). The van der Waals surface area contributed by atoms with E-state index in [2.05, 4.69) is 22.6 Å². The first-order valence-electron chi connectivity index (χ1n) is 6.08. The Kier molecular flexibility index (Phi) is 8.97. The van der Waals surface area contributed by atoms with Gasteiger partial charge in [0.1, 0.15) is 0 Å². The van der Waals surface area contributed by atoms with Crippen LogP contribution in [0.15, 0.2) is 12.2 Å². The van der Waals surface area contributed by atoms with Gasteiger partial charge in [0.2, 0.25) is 0 Å². The highest BCUT2D eigenvalue weighted by molar-refractivity contribution is 14.1. The monoisotopic (exact) mass is 383 g/mol. The third kappa shape index (κ3) is 7.00. The van der Waals surface area contributed by atoms with Gasteiger partial charge in [-0.15, -0.1) is 0 Å². The topological polar surface area (TPSA) is 65.1 Å². The van der Waals surface area contributed by atoms with Crippen molar-refractivity contribution in [3.63, 3.8) is 0 Å². The first-order chi connectivity index (χ1) is 9.25. The maximum Gasteiger partial charge on any atom is 0.253 e. The largest absolute Gasteiger partial charge is 0.378 e. The number of carbonyl (C=O) groups is 2. The fourth-order valence-corrected chi connectivity index (χ4v) is 1.72. The van der Waals surface area contributed by atoms with E-state index in [-0.39, 0.29) is 18.4 Å². The molecule has 0 saturated heterocycles. The summed E-state index contributed by atoms with van der Waals surface area (Å²) in [5.74, 6) is -0.561. The SMILES string of the molecule is O=C1C=CC(=O)N1CCOCCOCCOCCI. The normalized spacial score (nSPS) is 14.7. The van der Waals surface area contributed by atoms with Gasteiger partial charge in [-0.3, -0.25) is 14.5 Å². The van der Waals surface area contributed by atoms with E-state index in [1.807, 2.05) is 0 Å². The number of carbonyl (C=O) groups excluding carboxylic acids is 2. The van der Waals surface area contributed by atoms with Crippen molar-refractivity contribution in [3.05, 3.63) is 12.2 Å². The molecule has 2 amide bonds. The highest BCUT2D eigenvalue weighted by atomic mass is 127. The molecule has 0 aliphatic carbocycles. The molecule has 0 saturated carbocycles. The Hall–Kier alpha value is -0.510. The molecule has 0 aromatic heterocycles. The van der Waals surface area contributed by atoms with Gasteiger partial charge < -0.3 is 14.2 Å². The Morgan fingerprint density at radius 1 is 0.842 bits per heavy atom. The van der Waals surface area contributed by atoms with Crippen LogP contribution in [0, 0.1) is 0 Å². The lowest BCUT2D eigenvalue weighted by Gasteiger charge is -2.13. The summed E-state index contributed by atoms with van der Waals surface area (Å²) in [5, 5.41) is 0. The molecule has 0 fully saturated rings. The van der Waals surface area contributed by atoms with Crippen LogP contribution in [-0.2, 0) is 23.8 Å². The van der Waals surface area contributed by atoms with Crippen LogP contribution in [0.4, 0.5) is 0 Å². The highest BCUT2D eigenvalue weighted by Crippen LogP contribution is 2.02. The van der Waals surface area contributed by atoms with Crippen LogP contribution in [0.25, 0.3) is 0 Å². The Balaban J connectivity index is 1.86. The molecule has 108 valence electrons. The number of nitrogens with zero attached hydrogens (tertiary/aromatic N) is 1. The summed E-state index contributed by atoms with van der Waals surface area (Å²) < 4.78 is 16.8. The molecule has 7 heteroatoms. The standard InChI is InChI=1S/C12H18INO5/c13-3-5-17-7-9-19-10-8-18-6-4-14-11(15)1-2-12(14)16/h1-2H,3-10H2. The number of halogens is 1. The first kappa shape index (κ1) is 16.5. The molecule has 0 atom stereocenters. The molecule has 0 spiro atoms. The zero-order valence-electron chi connectivity index (χ0n) is 10.7. The second kappa shape index (κ2) is 10.3. The Bertz CT molecular complexity index is 303. The van der Waals surface area contributed by atoms with Crippen LogP contribution in [-0.4, -0.2) is 67.3 Å². The summed E-state index contributed by atoms with van der Waals surface area (Å²) in [5.41, 5.74) is 0. The van der Waals surface area contributed by atoms with Crippen LogP contribution in [0.3, 0.4) is 0 Å². The van der Waals surface area contributed by atoms with Crippen molar-refractivity contribution < 1.29 is 23.8 Å². The van der Waals surface area contributed by atoms with Crippen molar-refractivity contribution in [2.75, 3.05) is 50.6 Å². The molecular formula is C12H18INO5. The lowest BCUT2D eigenvalue weighted by molar-refractivity contribution is -0.137. The zero-order valence-corrected chi connectivity index (χ0v) is 12.8. The fourth-order valence-electron chi connectivity index (χ4n) is 1.40. The fraction of sp³-hybridized carbons (Fsp3) is 0.667. The smallest absolute Gasteiger partial charge is 0.253 e. The lowest BCUT2D eigenvalue weighted by atomic mass is 10.5. The molecule has 1 aliphatic heterocycles. The van der Waals surface area contributed by atoms with Gasteiger partial charge in [-0.25, -0.2) is 0 Å². The summed E-state index contributed by atoms with van der Waals surface area (Å²) in [6.07, 6.45) is 2.53. The van der Waals surface area contributed by atoms with E-state index in [1.165, 1.54) is 12.2 Å². The van der Waals surface area contributed by atoms with Gasteiger partial charge in [0.15, 0.2) is 0 Å². The third-order valence-corrected chi connectivity index (χ3v) is 2.77. The number of alkyl halides is 1. The third-order valence-electron chi connectivity index (χ3n) is 2.33. The molecule has 0 aromatic carbocycles. The summed E-state index contributed by atoms with van der Waals surface area (Å²) in [6, 6.07) is 0. The van der Waals surface area contributed by atoms with Gasteiger partial charge in [-0.05, 0) is 0 Å². The van der Waals surface area contributed by atoms with E-state index < -0.39 is 0 Å². The predicted octanol–water partition coefficient (Wildman–Crippen LogP) is 0.396. The zero-order chi connectivity index (χ0) is 13.9. The van der Waals surface area contributed by atoms with E-state index in [1.54, 1.807) is 0 Å². The molecule has 0 unspecified atom stereocenters. The Morgan fingerprint density at radius 2 is 1.32 bits per heavy atom. The summed E-state index contributed by atoms with van der Waals surface area (Å²) in [6.45, 7) is 3.41. The van der Waals surface area contributed by atoms with Crippen LogP contribution >= 0.6 is 22.6 Å². The molecule has 1 aliphatic rings. The average molecular weight is 383 g/mol. The van der Waals surface area contributed by atoms with Gasteiger partial charge in [-0.2, -0.15) is 0 Å². The van der Waals surface area contributed by atoms with E-state index in [0.29, 0.717) is 33.0 Å². The molecule has 6 nitrogen and oxygen atoms in total. The molecular weight excluding hydrogens is 365 g/mol. The van der Waals surface area contributed by atoms with Gasteiger partial charge >= 0.3 is 0 Å². The minimum absolute atomic E-state index is 0.280. The van der Waals surface area contributed by atoms with Crippen molar-refractivity contribution in [1.82, 2.24) is 4.90 Å². The number of rotatable bonds is 11. The molecule has 1 heterocycles. The van der Waals surface area contributed by atoms with Crippen molar-refractivity contribution >= 4 is 34.4 Å². The molecule has 0 radical (unpaired) electrons. The minimum atomic E-state index is -0.280. The van der Waals surface area contributed by atoms with Crippen LogP contribution < -0.4 is 0 Å². The molecule has 19 heavy (non-hydrogen) atoms. The predicted molar refractivity (Wildman–Crippen MR) is 77.2 cm³/mol. The lowest BCUT2D eigenvalue weighted by Crippen LogP contribution is -2.33. The highest BCUT2D eigenvalue weighted by Gasteiger charge is 2.22. The van der Waals surface area contributed by atoms with Crippen LogP contribution in [0.1, 0.15) is 0 Å². The van der Waals surface area contributed by atoms with Gasteiger partial charge in [0, 0.05) is 16.6 Å². The molecule has 0 aromatic rings. The van der Waals surface area contributed by atoms with Gasteiger partial charge in [-0.1, -0.05) is 22.6 Å². The Morgan fingerprint density at radius 3 is 1.84 bits per heavy atom. The maximum absolute atomic E-state index is 11.2. The van der Waals surface area contributed by atoms with E-state index in [9.17, 15) is 9.59 Å². The van der Waals surface area contributed by atoms with Crippen LogP contribution in [0.2, 0.25) is 0 Å². The Labute approximate surface area is 126 Å². The second-order valence-electron chi connectivity index (χ2n) is 3.69. The van der Waals surface area contributed by atoms with E-state index >= 15 is 0 Å².